The molecule has 0 saturated carbocycles. The van der Waals surface area contributed by atoms with E-state index in [9.17, 15) is 31.9 Å². The molecular weight excluding hydrogens is 411 g/mol. The molecule has 0 radical (unpaired) electrons. The van der Waals surface area contributed by atoms with Gasteiger partial charge in [0, 0.05) is 12.0 Å². The fourth-order valence-corrected chi connectivity index (χ4v) is 2.88. The second-order valence-electron chi connectivity index (χ2n) is 6.81. The molecule has 3 aromatic rings. The molecule has 0 fully saturated rings. The molecule has 2 aromatic heterocycles. The van der Waals surface area contributed by atoms with Gasteiger partial charge in [0.05, 0.1) is 23.0 Å². The lowest BCUT2D eigenvalue weighted by Gasteiger charge is -2.22. The number of benzene rings is 1. The van der Waals surface area contributed by atoms with E-state index in [-0.39, 0.29) is 16.5 Å². The molecule has 6 nitrogen and oxygen atoms in total. The molecule has 0 saturated heterocycles. The first-order chi connectivity index (χ1) is 13.9. The zero-order valence-electron chi connectivity index (χ0n) is 15.3. The Kier molecular flexibility index (Phi) is 5.30. The smallest absolute Gasteiger partial charge is 0.380 e. The Bertz CT molecular complexity index is 1180. The zero-order valence-corrected chi connectivity index (χ0v) is 15.3. The highest BCUT2D eigenvalue weighted by molar-refractivity contribution is 5.89. The van der Waals surface area contributed by atoms with Gasteiger partial charge in [-0.2, -0.15) is 17.6 Å². The van der Waals surface area contributed by atoms with E-state index in [1.54, 1.807) is 0 Å². The summed E-state index contributed by atoms with van der Waals surface area (Å²) in [7, 11) is 0. The molecule has 11 heteroatoms. The van der Waals surface area contributed by atoms with E-state index in [0.29, 0.717) is 6.07 Å². The van der Waals surface area contributed by atoms with Gasteiger partial charge in [0.2, 0.25) is 5.95 Å². The van der Waals surface area contributed by atoms with Crippen LogP contribution in [-0.2, 0) is 23.9 Å². The van der Waals surface area contributed by atoms with E-state index >= 15 is 0 Å². The first-order valence-corrected chi connectivity index (χ1v) is 8.43. The van der Waals surface area contributed by atoms with Crippen LogP contribution in [0, 0.1) is 18.3 Å². The molecule has 0 aliphatic heterocycles. The molecule has 3 rings (SSSR count). The molecule has 0 aliphatic carbocycles. The first kappa shape index (κ1) is 21.3. The number of hydrogen-bond acceptors (Lipinski definition) is 4. The third-order valence-electron chi connectivity index (χ3n) is 4.43. The number of fused-ring (bicyclic) bond motifs is 1. The highest BCUT2D eigenvalue weighted by atomic mass is 19.4. The lowest BCUT2D eigenvalue weighted by atomic mass is 9.95. The molecule has 0 bridgehead atoms. The normalized spacial score (nSPS) is 13.8. The number of aromatic nitrogens is 3. The number of Topliss-reactive ketones (excluding diaryl/α,β-unsaturated/α-hetero) is 1. The Morgan fingerprint density at radius 2 is 1.97 bits per heavy atom. The Labute approximate surface area is 166 Å². The maximum absolute atomic E-state index is 13.9. The fraction of sp³-hybridized carbons (Fsp3) is 0.263. The Hall–Kier alpha value is -3.39. The van der Waals surface area contributed by atoms with Crippen molar-refractivity contribution in [2.45, 2.75) is 31.7 Å². The van der Waals surface area contributed by atoms with Crippen LogP contribution in [0.4, 0.5) is 27.8 Å². The van der Waals surface area contributed by atoms with Crippen LogP contribution in [0.25, 0.3) is 15.7 Å². The van der Waals surface area contributed by atoms with Gasteiger partial charge in [0.1, 0.15) is 17.6 Å². The lowest BCUT2D eigenvalue weighted by molar-refractivity contribution is -0.138. The van der Waals surface area contributed by atoms with Crippen molar-refractivity contribution in [2.24, 2.45) is 0 Å². The molecule has 0 spiro atoms. The molecule has 1 N–H and O–H groups in total. The summed E-state index contributed by atoms with van der Waals surface area (Å²) in [5.41, 5.74) is -3.44. The highest BCUT2D eigenvalue weighted by Gasteiger charge is 2.36. The van der Waals surface area contributed by atoms with Crippen molar-refractivity contribution in [1.29, 1.82) is 0 Å². The van der Waals surface area contributed by atoms with E-state index in [4.69, 9.17) is 6.57 Å². The first-order valence-electron chi connectivity index (χ1n) is 8.43. The predicted molar refractivity (Wildman–Crippen MR) is 94.5 cm³/mol. The van der Waals surface area contributed by atoms with E-state index in [1.807, 2.05) is 0 Å². The lowest BCUT2D eigenvalue weighted by Crippen LogP contribution is -2.41. The summed E-state index contributed by atoms with van der Waals surface area (Å²) < 4.78 is 67.4. The van der Waals surface area contributed by atoms with Gasteiger partial charge in [-0.15, -0.1) is 10.1 Å². The standard InChI is InChI=1S/C19H13F5N4O2/c1-18(30,9-28-14-4-3-11(20)7-12(14)16(21)27-28)15(29)6-10-5-13(19(22,23)24)17(25-2)26-8-10/h3-5,7-8,30H,6,9H2,1H3/t18-/m0/s1. The summed E-state index contributed by atoms with van der Waals surface area (Å²) in [5, 5.41) is 14.0. The number of aliphatic hydroxyl groups is 1. The summed E-state index contributed by atoms with van der Waals surface area (Å²) in [6.45, 7) is 7.36. The van der Waals surface area contributed by atoms with Gasteiger partial charge in [-0.3, -0.25) is 9.48 Å². The molecule has 0 aliphatic rings. The number of rotatable bonds is 5. The number of alkyl halides is 3. The number of hydrogen-bond donors (Lipinski definition) is 1. The third-order valence-corrected chi connectivity index (χ3v) is 4.43. The Balaban J connectivity index is 1.86. The van der Waals surface area contributed by atoms with Crippen LogP contribution in [-0.4, -0.2) is 31.3 Å². The molecule has 1 atom stereocenters. The van der Waals surface area contributed by atoms with E-state index in [0.717, 1.165) is 29.9 Å². The molecule has 156 valence electrons. The van der Waals surface area contributed by atoms with E-state index in [1.165, 1.54) is 6.07 Å². The summed E-state index contributed by atoms with van der Waals surface area (Å²) in [4.78, 5) is 18.7. The van der Waals surface area contributed by atoms with Gasteiger partial charge in [0.25, 0.3) is 5.82 Å². The average Bonchev–Trinajstić information content (AvgIpc) is 2.95. The van der Waals surface area contributed by atoms with Crippen molar-refractivity contribution >= 4 is 22.5 Å². The SMILES string of the molecule is [C-]#[N+]c1ncc(CC(=O)[C@@](C)(O)Cn2nc(F)c3cc(F)ccc32)cc1C(F)(F)F. The van der Waals surface area contributed by atoms with Crippen molar-refractivity contribution in [3.8, 4) is 0 Å². The van der Waals surface area contributed by atoms with Crippen LogP contribution in [0.5, 0.6) is 0 Å². The Morgan fingerprint density at radius 3 is 2.60 bits per heavy atom. The van der Waals surface area contributed by atoms with Crippen molar-refractivity contribution in [3.63, 3.8) is 0 Å². The topological polar surface area (TPSA) is 72.4 Å². The van der Waals surface area contributed by atoms with Crippen molar-refractivity contribution in [2.75, 3.05) is 0 Å². The zero-order chi connectivity index (χ0) is 22.3. The minimum atomic E-state index is -4.84. The fourth-order valence-electron chi connectivity index (χ4n) is 2.88. The minimum Gasteiger partial charge on any atom is -0.380 e. The monoisotopic (exact) mass is 424 g/mol. The number of nitrogens with zero attached hydrogens (tertiary/aromatic N) is 4. The van der Waals surface area contributed by atoms with Crippen LogP contribution in [0.2, 0.25) is 0 Å². The summed E-state index contributed by atoms with van der Waals surface area (Å²) in [6.07, 6.45) is -4.50. The van der Waals surface area contributed by atoms with Gasteiger partial charge in [-0.1, -0.05) is 12.6 Å². The van der Waals surface area contributed by atoms with E-state index in [2.05, 4.69) is 14.9 Å². The maximum atomic E-state index is 13.9. The minimum absolute atomic E-state index is 0.129. The van der Waals surface area contributed by atoms with Crippen LogP contribution >= 0.6 is 0 Å². The molecule has 30 heavy (non-hydrogen) atoms. The number of pyridine rings is 1. The second-order valence-corrected chi connectivity index (χ2v) is 6.81. The third kappa shape index (κ3) is 4.13. The van der Waals surface area contributed by atoms with E-state index < -0.39 is 53.7 Å². The molecule has 0 amide bonds. The predicted octanol–water partition coefficient (Wildman–Crippen LogP) is 3.84. The number of ketones is 1. The van der Waals surface area contributed by atoms with Gasteiger partial charge in [-0.05, 0) is 25.1 Å². The highest BCUT2D eigenvalue weighted by Crippen LogP contribution is 2.35. The van der Waals surface area contributed by atoms with Crippen LogP contribution < -0.4 is 0 Å². The van der Waals surface area contributed by atoms with Crippen molar-refractivity contribution in [1.82, 2.24) is 14.8 Å². The van der Waals surface area contributed by atoms with Crippen molar-refractivity contribution < 1.29 is 31.9 Å². The van der Waals surface area contributed by atoms with Gasteiger partial charge in [0.15, 0.2) is 5.78 Å². The van der Waals surface area contributed by atoms with Crippen molar-refractivity contribution in [3.05, 3.63) is 64.8 Å². The van der Waals surface area contributed by atoms with Gasteiger partial charge >= 0.3 is 6.18 Å². The molecule has 0 unspecified atom stereocenters. The second kappa shape index (κ2) is 7.46. The molecule has 1 aromatic carbocycles. The number of halogens is 5. The molecular formula is C19H13F5N4O2. The largest absolute Gasteiger partial charge is 0.409 e. The van der Waals surface area contributed by atoms with Crippen LogP contribution in [0.1, 0.15) is 18.1 Å². The van der Waals surface area contributed by atoms with Crippen LogP contribution in [0.15, 0.2) is 30.5 Å². The average molecular weight is 424 g/mol. The number of carbonyl (C=O) groups excluding carboxylic acids is 1. The summed E-state index contributed by atoms with van der Waals surface area (Å²) in [5.74, 6) is -3.42. The van der Waals surface area contributed by atoms with Gasteiger partial charge < -0.3 is 9.95 Å². The summed E-state index contributed by atoms with van der Waals surface area (Å²) in [6, 6.07) is 3.82. The molecule has 2 heterocycles. The maximum Gasteiger partial charge on any atom is 0.409 e. The summed E-state index contributed by atoms with van der Waals surface area (Å²) >= 11 is 0. The van der Waals surface area contributed by atoms with Gasteiger partial charge in [-0.25, -0.2) is 4.39 Å². The Morgan fingerprint density at radius 1 is 1.27 bits per heavy atom. The van der Waals surface area contributed by atoms with Crippen LogP contribution in [0.3, 0.4) is 0 Å². The quantitative estimate of drug-likeness (QED) is 0.499. The number of carbonyl (C=O) groups is 1.